The molecule has 0 amide bonds. The van der Waals surface area contributed by atoms with Gasteiger partial charge < -0.3 is 19.8 Å². The van der Waals surface area contributed by atoms with Crippen molar-refractivity contribution in [1.82, 2.24) is 4.90 Å². The predicted octanol–water partition coefficient (Wildman–Crippen LogP) is 1.53. The standard InChI is InChI=1S/C16H24N2O4S3/c1-3-23-15-17-12(10(20)9-19)11(14(21)22-2)13-16(5-6-18(13)15)24-7-4-8-25-16/h10,12,19-20H,3-9H2,1-2H3/t10-,12-/m1/s1. The molecule has 0 unspecified atom stereocenters. The van der Waals surface area contributed by atoms with Crippen LogP contribution in [0.2, 0.25) is 0 Å². The molecule has 2 fully saturated rings. The van der Waals surface area contributed by atoms with Gasteiger partial charge in [0.15, 0.2) is 5.17 Å². The highest BCUT2D eigenvalue weighted by Crippen LogP contribution is 2.57. The number of rotatable bonds is 4. The van der Waals surface area contributed by atoms with Crippen molar-refractivity contribution < 1.29 is 19.7 Å². The van der Waals surface area contributed by atoms with Gasteiger partial charge in [0, 0.05) is 6.54 Å². The number of thioether (sulfide) groups is 3. The quantitative estimate of drug-likeness (QED) is 0.683. The number of carbonyl (C=O) groups is 1. The van der Waals surface area contributed by atoms with Gasteiger partial charge in [0.05, 0.1) is 25.0 Å². The molecule has 6 nitrogen and oxygen atoms in total. The first-order chi connectivity index (χ1) is 12.1. The fourth-order valence-electron chi connectivity index (χ4n) is 3.44. The topological polar surface area (TPSA) is 82.4 Å². The van der Waals surface area contributed by atoms with Gasteiger partial charge in [0.25, 0.3) is 0 Å². The van der Waals surface area contributed by atoms with Crippen LogP contribution in [-0.2, 0) is 9.53 Å². The summed E-state index contributed by atoms with van der Waals surface area (Å²) in [5.41, 5.74) is 1.33. The Labute approximate surface area is 160 Å². The molecule has 3 aliphatic heterocycles. The van der Waals surface area contributed by atoms with Crippen LogP contribution in [0.15, 0.2) is 16.3 Å². The molecule has 2 saturated heterocycles. The van der Waals surface area contributed by atoms with E-state index in [0.717, 1.165) is 47.5 Å². The molecular formula is C16H24N2O4S3. The zero-order valence-electron chi connectivity index (χ0n) is 14.4. The van der Waals surface area contributed by atoms with Crippen molar-refractivity contribution in [3.8, 4) is 0 Å². The van der Waals surface area contributed by atoms with E-state index in [1.165, 1.54) is 7.11 Å². The van der Waals surface area contributed by atoms with E-state index < -0.39 is 24.7 Å². The average molecular weight is 405 g/mol. The summed E-state index contributed by atoms with van der Waals surface area (Å²) in [5, 5.41) is 20.7. The molecule has 0 saturated carbocycles. The summed E-state index contributed by atoms with van der Waals surface area (Å²) in [5.74, 6) is 2.50. The zero-order valence-corrected chi connectivity index (χ0v) is 16.9. The monoisotopic (exact) mass is 404 g/mol. The molecule has 3 rings (SSSR count). The summed E-state index contributed by atoms with van der Waals surface area (Å²) in [6.07, 6.45) is 0.974. The SMILES string of the molecule is CCSC1=N[C@H]([C@H](O)CO)C(C(=O)OC)=C2N1CCC21SCCCS1. The third-order valence-electron chi connectivity index (χ3n) is 4.52. The molecule has 2 N–H and O–H groups in total. The zero-order chi connectivity index (χ0) is 18.0. The van der Waals surface area contributed by atoms with Crippen LogP contribution in [0.25, 0.3) is 0 Å². The number of hydrogen-bond acceptors (Lipinski definition) is 9. The first-order valence-electron chi connectivity index (χ1n) is 8.46. The predicted molar refractivity (Wildman–Crippen MR) is 105 cm³/mol. The average Bonchev–Trinajstić information content (AvgIpc) is 3.00. The van der Waals surface area contributed by atoms with Crippen molar-refractivity contribution >= 4 is 46.4 Å². The number of hydrogen-bond donors (Lipinski definition) is 2. The van der Waals surface area contributed by atoms with Gasteiger partial charge in [-0.1, -0.05) is 18.7 Å². The van der Waals surface area contributed by atoms with E-state index in [1.54, 1.807) is 11.8 Å². The maximum absolute atomic E-state index is 12.6. The Hall–Kier alpha value is -0.350. The van der Waals surface area contributed by atoms with E-state index >= 15 is 0 Å². The molecule has 0 bridgehead atoms. The number of carbonyl (C=O) groups excluding carboxylic acids is 1. The maximum Gasteiger partial charge on any atom is 0.337 e. The summed E-state index contributed by atoms with van der Waals surface area (Å²) in [4.78, 5) is 19.4. The van der Waals surface area contributed by atoms with E-state index in [-0.39, 0.29) is 4.08 Å². The lowest BCUT2D eigenvalue weighted by atomic mass is 9.97. The van der Waals surface area contributed by atoms with Crippen molar-refractivity contribution in [3.05, 3.63) is 11.3 Å². The molecule has 1 spiro atoms. The number of aliphatic hydroxyl groups excluding tert-OH is 2. The Morgan fingerprint density at radius 2 is 2.24 bits per heavy atom. The minimum atomic E-state index is -1.12. The van der Waals surface area contributed by atoms with Gasteiger partial charge in [0.2, 0.25) is 0 Å². The molecule has 25 heavy (non-hydrogen) atoms. The van der Waals surface area contributed by atoms with Gasteiger partial charge in [-0.05, 0) is 30.1 Å². The van der Waals surface area contributed by atoms with E-state index in [1.807, 2.05) is 23.5 Å². The van der Waals surface area contributed by atoms with Crippen molar-refractivity contribution in [2.75, 3.05) is 37.5 Å². The maximum atomic E-state index is 12.6. The number of aliphatic hydroxyl groups is 2. The Kier molecular flexibility index (Phi) is 6.31. The second-order valence-electron chi connectivity index (χ2n) is 6.00. The summed E-state index contributed by atoms with van der Waals surface area (Å²) < 4.78 is 4.85. The molecule has 0 aromatic carbocycles. The number of ether oxygens (including phenoxy) is 1. The van der Waals surface area contributed by atoms with E-state index in [9.17, 15) is 15.0 Å². The number of methoxy groups -OCH3 is 1. The highest BCUT2D eigenvalue weighted by atomic mass is 32.2. The van der Waals surface area contributed by atoms with Crippen molar-refractivity contribution in [2.45, 2.75) is 36.0 Å². The normalized spacial score (nSPS) is 26.5. The van der Waals surface area contributed by atoms with Crippen LogP contribution in [0.4, 0.5) is 0 Å². The molecule has 0 aromatic heterocycles. The van der Waals surface area contributed by atoms with Gasteiger partial charge in [-0.2, -0.15) is 0 Å². The second-order valence-corrected chi connectivity index (χ2v) is 10.3. The van der Waals surface area contributed by atoms with Crippen molar-refractivity contribution in [2.24, 2.45) is 4.99 Å². The molecular weight excluding hydrogens is 380 g/mol. The molecule has 0 radical (unpaired) electrons. The summed E-state index contributed by atoms with van der Waals surface area (Å²) in [6.45, 7) is 2.42. The number of esters is 1. The summed E-state index contributed by atoms with van der Waals surface area (Å²) in [7, 11) is 1.35. The van der Waals surface area contributed by atoms with Crippen LogP contribution >= 0.6 is 35.3 Å². The number of nitrogens with zero attached hydrogens (tertiary/aromatic N) is 2. The summed E-state index contributed by atoms with van der Waals surface area (Å²) in [6, 6.07) is -0.782. The lowest BCUT2D eigenvalue weighted by molar-refractivity contribution is -0.137. The molecule has 3 heterocycles. The highest BCUT2D eigenvalue weighted by Gasteiger charge is 2.52. The van der Waals surface area contributed by atoms with E-state index in [4.69, 9.17) is 4.74 Å². The second kappa shape index (κ2) is 8.12. The third-order valence-corrected chi connectivity index (χ3v) is 8.81. The molecule has 140 valence electrons. The Morgan fingerprint density at radius 3 is 2.84 bits per heavy atom. The fourth-order valence-corrected chi connectivity index (χ4v) is 7.66. The lowest BCUT2D eigenvalue weighted by Gasteiger charge is -2.40. The van der Waals surface area contributed by atoms with Gasteiger partial charge in [-0.15, -0.1) is 23.5 Å². The Morgan fingerprint density at radius 1 is 1.52 bits per heavy atom. The minimum absolute atomic E-state index is 0.190. The molecule has 0 aliphatic carbocycles. The number of amidine groups is 1. The van der Waals surface area contributed by atoms with Crippen molar-refractivity contribution in [1.29, 1.82) is 0 Å². The largest absolute Gasteiger partial charge is 0.466 e. The smallest absolute Gasteiger partial charge is 0.337 e. The Bertz CT molecular complexity index is 590. The molecule has 2 atom stereocenters. The van der Waals surface area contributed by atoms with Crippen LogP contribution in [0, 0.1) is 0 Å². The number of aliphatic imine (C=N–C) groups is 1. The third kappa shape index (κ3) is 3.45. The van der Waals surface area contributed by atoms with Crippen LogP contribution in [0.1, 0.15) is 19.8 Å². The summed E-state index contributed by atoms with van der Waals surface area (Å²) >= 11 is 5.37. The molecule has 0 aromatic rings. The number of fused-ring (bicyclic) bond motifs is 2. The van der Waals surface area contributed by atoms with Gasteiger partial charge in [0.1, 0.15) is 16.2 Å². The lowest BCUT2D eigenvalue weighted by Crippen LogP contribution is -2.44. The van der Waals surface area contributed by atoms with Gasteiger partial charge in [-0.3, -0.25) is 4.99 Å². The molecule has 9 heteroatoms. The van der Waals surface area contributed by atoms with Gasteiger partial charge >= 0.3 is 5.97 Å². The first-order valence-corrected chi connectivity index (χ1v) is 11.4. The highest BCUT2D eigenvalue weighted by molar-refractivity contribution is 8.19. The van der Waals surface area contributed by atoms with Crippen molar-refractivity contribution in [3.63, 3.8) is 0 Å². The van der Waals surface area contributed by atoms with Crippen LogP contribution in [0.3, 0.4) is 0 Å². The minimum Gasteiger partial charge on any atom is -0.466 e. The van der Waals surface area contributed by atoms with Gasteiger partial charge in [-0.25, -0.2) is 4.79 Å². The van der Waals surface area contributed by atoms with E-state index in [0.29, 0.717) is 5.57 Å². The fraction of sp³-hybridized carbons (Fsp3) is 0.750. The van der Waals surface area contributed by atoms with Crippen LogP contribution < -0.4 is 0 Å². The molecule has 3 aliphatic rings. The Balaban J connectivity index is 2.13. The van der Waals surface area contributed by atoms with Crippen LogP contribution in [0.5, 0.6) is 0 Å². The van der Waals surface area contributed by atoms with E-state index in [2.05, 4.69) is 16.8 Å². The first kappa shape index (κ1) is 19.4. The van der Waals surface area contributed by atoms with Crippen LogP contribution in [-0.4, -0.2) is 80.0 Å².